The summed E-state index contributed by atoms with van der Waals surface area (Å²) in [5.74, 6) is -2.36. The third kappa shape index (κ3) is 7.22. The Morgan fingerprint density at radius 1 is 0.919 bits per heavy atom. The van der Waals surface area contributed by atoms with E-state index < -0.39 is 70.9 Å². The third-order valence-electron chi connectivity index (χ3n) is 18.6. The fourth-order valence-corrected chi connectivity index (χ4v) is 17.5. The molecule has 5 aliphatic heterocycles. The van der Waals surface area contributed by atoms with Crippen molar-refractivity contribution in [3.63, 3.8) is 0 Å². The molecule has 7 heterocycles. The number of benzene rings is 3. The zero-order valence-corrected chi connectivity index (χ0v) is 44.7. The van der Waals surface area contributed by atoms with Crippen LogP contribution >= 0.6 is 7.60 Å². The molecule has 6 N–H and O–H groups in total. The number of piperidine rings is 1. The van der Waals surface area contributed by atoms with Crippen molar-refractivity contribution in [1.29, 1.82) is 0 Å². The number of ether oxygens (including phenoxy) is 2. The number of H-pyrrole nitrogens is 2. The van der Waals surface area contributed by atoms with E-state index in [9.17, 15) is 15.3 Å². The molecular formula is C57H73N6O10P. The van der Waals surface area contributed by atoms with E-state index in [4.69, 9.17) is 18.5 Å². The van der Waals surface area contributed by atoms with E-state index in [0.29, 0.717) is 88.2 Å². The molecule has 396 valence electrons. The summed E-state index contributed by atoms with van der Waals surface area (Å²) in [6, 6.07) is 18.4. The number of amides is 1. The predicted molar refractivity (Wildman–Crippen MR) is 284 cm³/mol. The number of carbonyl (C=O) groups excluding carboxylic acids is 2. The van der Waals surface area contributed by atoms with Gasteiger partial charge in [0.15, 0.2) is 5.60 Å². The zero-order valence-electron chi connectivity index (χ0n) is 43.8. The number of para-hydroxylation sites is 2. The number of fused-ring (bicyclic) bond motifs is 7. The van der Waals surface area contributed by atoms with E-state index in [1.54, 1.807) is 21.0 Å². The first-order valence-electron chi connectivity index (χ1n) is 26.7. The van der Waals surface area contributed by atoms with Gasteiger partial charge in [0.25, 0.3) is 5.91 Å². The second kappa shape index (κ2) is 18.6. The van der Waals surface area contributed by atoms with Crippen LogP contribution in [0.25, 0.3) is 21.8 Å². The second-order valence-electron chi connectivity index (χ2n) is 22.1. The molecule has 2 saturated heterocycles. The quantitative estimate of drug-likeness (QED) is 0.0391. The second-order valence-corrected chi connectivity index (χ2v) is 24.3. The van der Waals surface area contributed by atoms with Gasteiger partial charge in [-0.05, 0) is 99.7 Å². The van der Waals surface area contributed by atoms with Crippen LogP contribution in [0.3, 0.4) is 0 Å². The molecule has 1 unspecified atom stereocenters. The predicted octanol–water partition coefficient (Wildman–Crippen LogP) is 6.68. The van der Waals surface area contributed by atoms with Crippen molar-refractivity contribution >= 4 is 47.0 Å². The van der Waals surface area contributed by atoms with Gasteiger partial charge in [-0.1, -0.05) is 62.4 Å². The summed E-state index contributed by atoms with van der Waals surface area (Å²) in [6.45, 7) is 10.6. The Bertz CT molecular complexity index is 3080. The van der Waals surface area contributed by atoms with E-state index in [1.807, 2.05) is 92.7 Å². The lowest BCUT2D eigenvalue weighted by atomic mass is 9.47. The van der Waals surface area contributed by atoms with Gasteiger partial charge in [-0.3, -0.25) is 24.0 Å². The summed E-state index contributed by atoms with van der Waals surface area (Å²) < 4.78 is 39.6. The standard InChI is InChI=1S/C57H73N6O10P/c1-8-53(67)30-35-31-56(52(66)71-7,47-39(21-25-62(33-35)34-53)38-18-13-15-20-43(38)59-47)41-28-40-44(29-45(41)70-6)61(5)49-55(40)23-26-63-24-16-22-54(9-2,48(55)63)50(64)57(49,68)51(65)60-46(74(69,72-10-3)73-11-4)27-36-32-58-42-19-14-12-17-37(36)42/h12-20,22,28-29,32,35,46,48-50,58-59,64,67-68H,8-11,21,23-27,30-31,33-34H2,1-7H3,(H,60,65)/t35-,46+,48+,49-,50-,53+,54-,55-,56+,57+/m1/s1. The first-order chi connectivity index (χ1) is 35.6. The van der Waals surface area contributed by atoms with Gasteiger partial charge in [-0.25, -0.2) is 0 Å². The van der Waals surface area contributed by atoms with Crippen molar-refractivity contribution in [2.45, 2.75) is 119 Å². The maximum Gasteiger partial charge on any atom is 0.353 e. The molecule has 1 aliphatic carbocycles. The number of nitrogens with one attached hydrogen (secondary N) is 3. The number of aromatic nitrogens is 2. The third-order valence-corrected chi connectivity index (χ3v) is 20.9. The molecule has 1 saturated carbocycles. The summed E-state index contributed by atoms with van der Waals surface area (Å²) in [4.78, 5) is 45.3. The summed E-state index contributed by atoms with van der Waals surface area (Å²) in [7, 11) is 0.728. The van der Waals surface area contributed by atoms with Crippen LogP contribution in [0, 0.1) is 11.3 Å². The molecular weight excluding hydrogens is 960 g/mol. The van der Waals surface area contributed by atoms with Crippen molar-refractivity contribution in [1.82, 2.24) is 25.1 Å². The van der Waals surface area contributed by atoms with E-state index in [-0.39, 0.29) is 25.6 Å². The Labute approximate surface area is 433 Å². The molecule has 1 spiro atoms. The van der Waals surface area contributed by atoms with Gasteiger partial charge in [0.2, 0.25) is 0 Å². The van der Waals surface area contributed by atoms with Gasteiger partial charge in [0, 0.05) is 108 Å². The lowest BCUT2D eigenvalue weighted by Crippen LogP contribution is -2.82. The number of likely N-dealkylation sites (N-methyl/N-ethyl adjacent to an activating group) is 1. The van der Waals surface area contributed by atoms with Crippen LogP contribution < -0.4 is 15.0 Å². The molecule has 17 heteroatoms. The minimum atomic E-state index is -4.15. The van der Waals surface area contributed by atoms with Crippen molar-refractivity contribution in [3.8, 4) is 5.75 Å². The molecule has 5 aromatic rings. The molecule has 11 rings (SSSR count). The molecule has 2 bridgehead atoms. The molecule has 2 aromatic heterocycles. The number of aliphatic hydroxyl groups is 3. The number of aromatic amines is 2. The Morgan fingerprint density at radius 2 is 1.65 bits per heavy atom. The topological polar surface area (TPSA) is 202 Å². The van der Waals surface area contributed by atoms with Gasteiger partial charge >= 0.3 is 13.6 Å². The molecule has 3 fully saturated rings. The van der Waals surface area contributed by atoms with Crippen LogP contribution in [0.2, 0.25) is 0 Å². The molecule has 16 nitrogen and oxygen atoms in total. The Kier molecular flexibility index (Phi) is 12.9. The van der Waals surface area contributed by atoms with Gasteiger partial charge in [-0.2, -0.15) is 0 Å². The highest BCUT2D eigenvalue weighted by atomic mass is 31.2. The van der Waals surface area contributed by atoms with E-state index in [2.05, 4.69) is 37.2 Å². The molecule has 74 heavy (non-hydrogen) atoms. The highest BCUT2D eigenvalue weighted by molar-refractivity contribution is 7.54. The zero-order chi connectivity index (χ0) is 52.2. The molecule has 11 atom stereocenters. The Hall–Kier alpha value is -5.03. The maximum absolute atomic E-state index is 16.0. The van der Waals surface area contributed by atoms with Crippen LogP contribution in [-0.2, 0) is 51.6 Å². The fourth-order valence-electron chi connectivity index (χ4n) is 15.6. The largest absolute Gasteiger partial charge is 0.496 e. The minimum Gasteiger partial charge on any atom is -0.496 e. The number of esters is 1. The maximum atomic E-state index is 16.0. The lowest BCUT2D eigenvalue weighted by Gasteiger charge is -2.63. The summed E-state index contributed by atoms with van der Waals surface area (Å²) >= 11 is 0. The van der Waals surface area contributed by atoms with Crippen LogP contribution in [0.15, 0.2) is 79.0 Å². The monoisotopic (exact) mass is 1030 g/mol. The van der Waals surface area contributed by atoms with Gasteiger partial charge in [-0.15, -0.1) is 0 Å². The fraction of sp³-hybridized carbons (Fsp3) is 0.544. The Morgan fingerprint density at radius 3 is 2.35 bits per heavy atom. The summed E-state index contributed by atoms with van der Waals surface area (Å²) in [5.41, 5.74) is -0.894. The number of aliphatic hydroxyl groups excluding tert-OH is 1. The van der Waals surface area contributed by atoms with Crippen LogP contribution in [0.1, 0.15) is 87.7 Å². The van der Waals surface area contributed by atoms with Gasteiger partial charge < -0.3 is 54.0 Å². The van der Waals surface area contributed by atoms with Crippen molar-refractivity contribution in [2.75, 3.05) is 72.1 Å². The first-order valence-corrected chi connectivity index (χ1v) is 28.3. The molecule has 3 aromatic carbocycles. The number of anilines is 1. The average Bonchev–Trinajstić information content (AvgIpc) is 4.21. The molecule has 1 amide bonds. The van der Waals surface area contributed by atoms with Gasteiger partial charge in [0.05, 0.1) is 39.1 Å². The van der Waals surface area contributed by atoms with Crippen molar-refractivity contribution in [3.05, 3.63) is 107 Å². The highest BCUT2D eigenvalue weighted by Crippen LogP contribution is 2.68. The first kappa shape index (κ1) is 51.1. The minimum absolute atomic E-state index is 0.0284. The van der Waals surface area contributed by atoms with Crippen LogP contribution in [0.4, 0.5) is 5.69 Å². The molecule has 0 radical (unpaired) electrons. The smallest absolute Gasteiger partial charge is 0.353 e. The average molecular weight is 1030 g/mol. The SMILES string of the molecule is CCOP(=O)(OCC)[C@@H](Cc1c[nH]c2ccccc12)NC(=O)[C@@]1(O)[C@H](O)[C@]2(CC)C=CCN3CC[C@@]4(c5cc([C@@]6(C(=O)OC)C[C@@H]7CN(CCc8c6[nH]c6ccccc86)C[C@](O)(CC)C7)c(OC)cc5N(C)[C@@H]14)[C@@H]32. The van der Waals surface area contributed by atoms with Crippen molar-refractivity contribution < 1.29 is 48.0 Å². The van der Waals surface area contributed by atoms with Crippen molar-refractivity contribution in [2.24, 2.45) is 11.3 Å². The summed E-state index contributed by atoms with van der Waals surface area (Å²) in [6.07, 6.45) is 7.05. The van der Waals surface area contributed by atoms with Crippen LogP contribution in [-0.4, -0.2) is 149 Å². The number of hydrogen-bond acceptors (Lipinski definition) is 13. The van der Waals surface area contributed by atoms with E-state index in [0.717, 1.165) is 44.2 Å². The highest BCUT2D eigenvalue weighted by Gasteiger charge is 2.79. The van der Waals surface area contributed by atoms with E-state index in [1.165, 1.54) is 7.11 Å². The summed E-state index contributed by atoms with van der Waals surface area (Å²) in [5, 5.41) is 44.5. The van der Waals surface area contributed by atoms with Gasteiger partial charge in [0.1, 0.15) is 23.1 Å². The number of carbonyl (C=O) groups is 2. The normalized spacial score (nSPS) is 32.7. The lowest BCUT2D eigenvalue weighted by molar-refractivity contribution is -0.203. The molecule has 6 aliphatic rings. The number of methoxy groups -OCH3 is 2. The Balaban J connectivity index is 1.13. The number of rotatable bonds is 14. The number of hydrogen-bond donors (Lipinski definition) is 6. The van der Waals surface area contributed by atoms with Crippen LogP contribution in [0.5, 0.6) is 5.75 Å². The van der Waals surface area contributed by atoms with E-state index >= 15 is 14.2 Å². The number of nitrogens with zero attached hydrogens (tertiary/aromatic N) is 3.